The number of hydrogen-bond donors (Lipinski definition) is 2. The molecule has 29 heavy (non-hydrogen) atoms. The Morgan fingerprint density at radius 2 is 2.14 bits per heavy atom. The van der Waals surface area contributed by atoms with Gasteiger partial charge in [-0.3, -0.25) is 4.79 Å². The van der Waals surface area contributed by atoms with Gasteiger partial charge in [0.25, 0.3) is 0 Å². The highest BCUT2D eigenvalue weighted by Gasteiger charge is 2.43. The molecule has 4 nitrogen and oxygen atoms in total. The molecule has 0 spiro atoms. The van der Waals surface area contributed by atoms with E-state index in [4.69, 9.17) is 0 Å². The van der Waals surface area contributed by atoms with Gasteiger partial charge in [-0.2, -0.15) is 11.8 Å². The van der Waals surface area contributed by atoms with E-state index >= 15 is 0 Å². The summed E-state index contributed by atoms with van der Waals surface area (Å²) in [7, 11) is 0. The quantitative estimate of drug-likeness (QED) is 0.388. The van der Waals surface area contributed by atoms with Crippen LogP contribution in [0.5, 0.6) is 0 Å². The highest BCUT2D eigenvalue weighted by Crippen LogP contribution is 2.47. The van der Waals surface area contributed by atoms with Crippen molar-refractivity contribution in [2.75, 3.05) is 24.6 Å². The first kappa shape index (κ1) is 22.9. The first-order chi connectivity index (χ1) is 14.1. The fraction of sp³-hybridized carbons (Fsp3) is 0.792. The van der Waals surface area contributed by atoms with Gasteiger partial charge < -0.3 is 15.1 Å². The molecular formula is C24H39NO3S. The lowest BCUT2D eigenvalue weighted by Gasteiger charge is -2.19. The van der Waals surface area contributed by atoms with E-state index in [2.05, 4.69) is 19.1 Å². The van der Waals surface area contributed by atoms with Crippen molar-refractivity contribution in [2.24, 2.45) is 17.8 Å². The number of nitrogens with zero attached hydrogens (tertiary/aromatic N) is 1. The number of unbranched alkanes of at least 4 members (excludes halogenated alkanes) is 2. The Kier molecular flexibility index (Phi) is 9.13. The van der Waals surface area contributed by atoms with Crippen LogP contribution in [0.1, 0.15) is 64.7 Å². The zero-order valence-electron chi connectivity index (χ0n) is 18.0. The predicted octanol–water partition coefficient (Wildman–Crippen LogP) is 4.17. The maximum atomic E-state index is 12.1. The Morgan fingerprint density at radius 3 is 2.90 bits per heavy atom. The Hall–Kier alpha value is -0.780. The molecule has 0 aromatic heterocycles. The van der Waals surface area contributed by atoms with Gasteiger partial charge in [0.05, 0.1) is 12.2 Å². The molecule has 1 amide bonds. The van der Waals surface area contributed by atoms with Gasteiger partial charge in [-0.1, -0.05) is 50.0 Å². The number of thioether (sulfide) groups is 1. The lowest BCUT2D eigenvalue weighted by atomic mass is 9.89. The summed E-state index contributed by atoms with van der Waals surface area (Å²) in [6.07, 6.45) is 14.8. The van der Waals surface area contributed by atoms with Crippen LogP contribution >= 0.6 is 11.8 Å². The van der Waals surface area contributed by atoms with Gasteiger partial charge in [-0.25, -0.2) is 0 Å². The van der Waals surface area contributed by atoms with Crippen LogP contribution in [0.15, 0.2) is 23.8 Å². The number of allylic oxidation sites excluding steroid dienone is 1. The second kappa shape index (κ2) is 11.6. The van der Waals surface area contributed by atoms with Crippen molar-refractivity contribution in [1.82, 2.24) is 4.90 Å². The smallest absolute Gasteiger partial charge is 0.223 e. The van der Waals surface area contributed by atoms with E-state index in [9.17, 15) is 15.0 Å². The van der Waals surface area contributed by atoms with Crippen LogP contribution in [0, 0.1) is 17.8 Å². The minimum absolute atomic E-state index is 0.163. The van der Waals surface area contributed by atoms with E-state index in [-0.39, 0.29) is 18.1 Å². The summed E-state index contributed by atoms with van der Waals surface area (Å²) in [5.41, 5.74) is 1.48. The summed E-state index contributed by atoms with van der Waals surface area (Å²) in [6.45, 7) is 4.07. The van der Waals surface area contributed by atoms with Crippen molar-refractivity contribution in [2.45, 2.75) is 76.9 Å². The zero-order chi connectivity index (χ0) is 20.6. The maximum absolute atomic E-state index is 12.1. The molecule has 1 saturated carbocycles. The molecule has 1 aliphatic heterocycles. The fourth-order valence-corrected chi connectivity index (χ4v) is 6.10. The minimum atomic E-state index is -0.384. The van der Waals surface area contributed by atoms with E-state index in [1.807, 2.05) is 22.7 Å². The molecule has 0 aromatic carbocycles. The SMILES string of the molecule is CCCCC[C@H](O)/C=C/[C@@H]1[C@H]2CC(CSCCC(=O)N3CCCC3)=C[C@H]2C[C@H]1O. The van der Waals surface area contributed by atoms with Crippen molar-refractivity contribution < 1.29 is 15.0 Å². The number of carbonyl (C=O) groups excluding carboxylic acids is 1. The zero-order valence-corrected chi connectivity index (χ0v) is 18.8. The third-order valence-electron chi connectivity index (χ3n) is 6.82. The maximum Gasteiger partial charge on any atom is 0.223 e. The molecule has 0 unspecified atom stereocenters. The third-order valence-corrected chi connectivity index (χ3v) is 7.88. The van der Waals surface area contributed by atoms with Gasteiger partial charge in [0.15, 0.2) is 0 Å². The number of aliphatic hydroxyl groups is 2. The predicted molar refractivity (Wildman–Crippen MR) is 121 cm³/mol. The number of carbonyl (C=O) groups is 1. The molecule has 5 heteroatoms. The summed E-state index contributed by atoms with van der Waals surface area (Å²) < 4.78 is 0. The van der Waals surface area contributed by atoms with Crippen LogP contribution in [0.25, 0.3) is 0 Å². The Balaban J connectivity index is 1.38. The lowest BCUT2D eigenvalue weighted by molar-refractivity contribution is -0.129. The van der Waals surface area contributed by atoms with Gasteiger partial charge in [-0.15, -0.1) is 0 Å². The van der Waals surface area contributed by atoms with Gasteiger partial charge in [0, 0.05) is 36.9 Å². The van der Waals surface area contributed by atoms with Crippen molar-refractivity contribution in [3.63, 3.8) is 0 Å². The van der Waals surface area contributed by atoms with E-state index in [1.54, 1.807) is 0 Å². The third kappa shape index (κ3) is 6.60. The van der Waals surface area contributed by atoms with Crippen LogP contribution < -0.4 is 0 Å². The monoisotopic (exact) mass is 421 g/mol. The van der Waals surface area contributed by atoms with Crippen molar-refractivity contribution >= 4 is 17.7 Å². The molecule has 0 aromatic rings. The lowest BCUT2D eigenvalue weighted by Crippen LogP contribution is -2.27. The molecular weight excluding hydrogens is 382 g/mol. The standard InChI is InChI=1S/C24H39NO3S/c1-2-3-4-7-20(26)8-9-21-22-15-18(14-19(22)16-23(21)27)17-29-13-10-24(28)25-11-5-6-12-25/h8-9,14,19-23,26-27H,2-7,10-13,15-17H2,1H3/b9-8+/t19-,20-,21+,22-,23+/m0/s1. The van der Waals surface area contributed by atoms with Gasteiger partial charge >= 0.3 is 0 Å². The van der Waals surface area contributed by atoms with Crippen molar-refractivity contribution in [3.05, 3.63) is 23.8 Å². The largest absolute Gasteiger partial charge is 0.392 e. The van der Waals surface area contributed by atoms with Crippen LogP contribution in [-0.4, -0.2) is 57.8 Å². The summed E-state index contributed by atoms with van der Waals surface area (Å²) in [4.78, 5) is 14.1. The molecule has 2 N–H and O–H groups in total. The second-order valence-electron chi connectivity index (χ2n) is 9.08. The normalized spacial score (nSPS) is 30.2. The minimum Gasteiger partial charge on any atom is -0.392 e. The molecule has 2 fully saturated rings. The first-order valence-corrected chi connectivity index (χ1v) is 12.8. The molecule has 0 bridgehead atoms. The van der Waals surface area contributed by atoms with Gasteiger partial charge in [0.1, 0.15) is 0 Å². The number of hydrogen-bond acceptors (Lipinski definition) is 4. The number of aliphatic hydroxyl groups excluding tert-OH is 2. The van der Waals surface area contributed by atoms with Crippen LogP contribution in [-0.2, 0) is 4.79 Å². The van der Waals surface area contributed by atoms with Crippen LogP contribution in [0.4, 0.5) is 0 Å². The number of fused-ring (bicyclic) bond motifs is 1. The van der Waals surface area contributed by atoms with Gasteiger partial charge in [-0.05, 0) is 43.9 Å². The molecule has 0 radical (unpaired) electrons. The van der Waals surface area contributed by atoms with E-state index in [0.717, 1.165) is 69.5 Å². The second-order valence-corrected chi connectivity index (χ2v) is 10.2. The molecule has 3 aliphatic rings. The van der Waals surface area contributed by atoms with E-state index in [0.29, 0.717) is 24.2 Å². The van der Waals surface area contributed by atoms with Gasteiger partial charge in [0.2, 0.25) is 5.91 Å². The van der Waals surface area contributed by atoms with Crippen LogP contribution in [0.2, 0.25) is 0 Å². The molecule has 1 heterocycles. The van der Waals surface area contributed by atoms with E-state index < -0.39 is 0 Å². The number of rotatable bonds is 11. The molecule has 5 atom stereocenters. The highest BCUT2D eigenvalue weighted by molar-refractivity contribution is 7.99. The molecule has 3 rings (SSSR count). The average molecular weight is 422 g/mol. The van der Waals surface area contributed by atoms with Crippen molar-refractivity contribution in [3.8, 4) is 0 Å². The molecule has 1 saturated heterocycles. The summed E-state index contributed by atoms with van der Waals surface area (Å²) >= 11 is 1.87. The molecule has 2 aliphatic carbocycles. The Labute approximate surface area is 180 Å². The highest BCUT2D eigenvalue weighted by atomic mass is 32.2. The Morgan fingerprint density at radius 1 is 1.34 bits per heavy atom. The topological polar surface area (TPSA) is 60.8 Å². The Bertz CT molecular complexity index is 585. The fourth-order valence-electron chi connectivity index (χ4n) is 5.16. The number of amides is 1. The molecule has 164 valence electrons. The summed E-state index contributed by atoms with van der Waals surface area (Å²) in [6, 6.07) is 0. The van der Waals surface area contributed by atoms with Crippen LogP contribution in [0.3, 0.4) is 0 Å². The number of likely N-dealkylation sites (tertiary alicyclic amines) is 1. The average Bonchev–Trinajstić information content (AvgIpc) is 3.41. The van der Waals surface area contributed by atoms with Crippen molar-refractivity contribution in [1.29, 1.82) is 0 Å². The summed E-state index contributed by atoms with van der Waals surface area (Å²) in [5, 5.41) is 20.6. The summed E-state index contributed by atoms with van der Waals surface area (Å²) in [5.74, 6) is 3.34. The van der Waals surface area contributed by atoms with E-state index in [1.165, 1.54) is 12.0 Å². The first-order valence-electron chi connectivity index (χ1n) is 11.7.